The molecule has 3 aromatic rings. The van der Waals surface area contributed by atoms with Crippen LogP contribution in [0.25, 0.3) is 22.5 Å². The van der Waals surface area contributed by atoms with Crippen LogP contribution < -0.4 is 0 Å². The third kappa shape index (κ3) is 2.38. The van der Waals surface area contributed by atoms with Crippen LogP contribution in [0.5, 0.6) is 0 Å². The molecule has 0 saturated carbocycles. The van der Waals surface area contributed by atoms with E-state index in [4.69, 9.17) is 0 Å². The van der Waals surface area contributed by atoms with Crippen LogP contribution in [0.3, 0.4) is 0 Å². The van der Waals surface area contributed by atoms with Gasteiger partial charge in [0, 0.05) is 18.0 Å². The molecule has 0 fully saturated rings. The molecule has 0 aliphatic carbocycles. The highest BCUT2D eigenvalue weighted by Gasteiger charge is 2.08. The standard InChI is InChI=1S/C17H14N2/c1-13-7-9-14(10-8-13)15-5-2-3-6-16(15)17-18-11-4-12-19-17/h2-12H,1H3. The Hall–Kier alpha value is -2.48. The third-order valence-electron chi connectivity index (χ3n) is 3.10. The van der Waals surface area contributed by atoms with Gasteiger partial charge in [-0.1, -0.05) is 54.1 Å². The van der Waals surface area contributed by atoms with E-state index in [1.807, 2.05) is 18.2 Å². The Morgan fingerprint density at radius 1 is 0.684 bits per heavy atom. The van der Waals surface area contributed by atoms with Gasteiger partial charge < -0.3 is 0 Å². The fourth-order valence-corrected chi connectivity index (χ4v) is 2.10. The van der Waals surface area contributed by atoms with E-state index in [-0.39, 0.29) is 0 Å². The van der Waals surface area contributed by atoms with Crippen molar-refractivity contribution in [1.82, 2.24) is 9.97 Å². The van der Waals surface area contributed by atoms with Crippen LogP contribution in [0.15, 0.2) is 67.0 Å². The van der Waals surface area contributed by atoms with Crippen molar-refractivity contribution in [3.8, 4) is 22.5 Å². The fraction of sp³-hybridized carbons (Fsp3) is 0.0588. The summed E-state index contributed by atoms with van der Waals surface area (Å²) < 4.78 is 0. The second-order valence-electron chi connectivity index (χ2n) is 4.48. The lowest BCUT2D eigenvalue weighted by molar-refractivity contribution is 1.18. The van der Waals surface area contributed by atoms with E-state index in [2.05, 4.69) is 53.3 Å². The minimum atomic E-state index is 0.763. The molecule has 92 valence electrons. The predicted octanol–water partition coefficient (Wildman–Crippen LogP) is 4.12. The molecular formula is C17H14N2. The van der Waals surface area contributed by atoms with Gasteiger partial charge in [-0.25, -0.2) is 9.97 Å². The molecule has 1 aromatic heterocycles. The van der Waals surface area contributed by atoms with Gasteiger partial charge >= 0.3 is 0 Å². The number of hydrogen-bond acceptors (Lipinski definition) is 2. The summed E-state index contributed by atoms with van der Waals surface area (Å²) in [7, 11) is 0. The third-order valence-corrected chi connectivity index (χ3v) is 3.10. The molecule has 2 heteroatoms. The quantitative estimate of drug-likeness (QED) is 0.679. The normalized spacial score (nSPS) is 10.4. The maximum atomic E-state index is 4.34. The van der Waals surface area contributed by atoms with E-state index in [1.54, 1.807) is 12.4 Å². The van der Waals surface area contributed by atoms with E-state index in [1.165, 1.54) is 11.1 Å². The molecule has 2 aromatic carbocycles. The van der Waals surface area contributed by atoms with Gasteiger partial charge in [0.2, 0.25) is 0 Å². The van der Waals surface area contributed by atoms with Crippen LogP contribution in [0, 0.1) is 6.92 Å². The molecule has 0 amide bonds. The smallest absolute Gasteiger partial charge is 0.159 e. The fourth-order valence-electron chi connectivity index (χ4n) is 2.10. The first kappa shape index (κ1) is 11.6. The van der Waals surface area contributed by atoms with Gasteiger partial charge in [0.25, 0.3) is 0 Å². The highest BCUT2D eigenvalue weighted by molar-refractivity contribution is 5.80. The van der Waals surface area contributed by atoms with Gasteiger partial charge in [0.05, 0.1) is 0 Å². The molecule has 0 spiro atoms. The molecule has 0 radical (unpaired) electrons. The zero-order valence-electron chi connectivity index (χ0n) is 10.7. The zero-order valence-corrected chi connectivity index (χ0v) is 10.7. The van der Waals surface area contributed by atoms with Crippen LogP contribution >= 0.6 is 0 Å². The van der Waals surface area contributed by atoms with Crippen LogP contribution in [0.2, 0.25) is 0 Å². The number of aryl methyl sites for hydroxylation is 1. The number of nitrogens with zero attached hydrogens (tertiary/aromatic N) is 2. The molecule has 0 saturated heterocycles. The first-order valence-electron chi connectivity index (χ1n) is 6.28. The molecule has 0 aliphatic heterocycles. The zero-order chi connectivity index (χ0) is 13.1. The molecular weight excluding hydrogens is 232 g/mol. The SMILES string of the molecule is Cc1ccc(-c2ccccc2-c2ncccn2)cc1. The maximum Gasteiger partial charge on any atom is 0.159 e. The van der Waals surface area contributed by atoms with Crippen molar-refractivity contribution < 1.29 is 0 Å². The Morgan fingerprint density at radius 3 is 2.00 bits per heavy atom. The number of rotatable bonds is 2. The topological polar surface area (TPSA) is 25.8 Å². The molecule has 0 aliphatic rings. The average molecular weight is 246 g/mol. The number of aromatic nitrogens is 2. The minimum Gasteiger partial charge on any atom is -0.237 e. The Bertz CT molecular complexity index is 673. The second-order valence-corrected chi connectivity index (χ2v) is 4.48. The predicted molar refractivity (Wildman–Crippen MR) is 77.6 cm³/mol. The van der Waals surface area contributed by atoms with Gasteiger partial charge in [-0.15, -0.1) is 0 Å². The monoisotopic (exact) mass is 246 g/mol. The maximum absolute atomic E-state index is 4.34. The van der Waals surface area contributed by atoms with Crippen LogP contribution in [0.4, 0.5) is 0 Å². The van der Waals surface area contributed by atoms with Gasteiger partial charge in [-0.05, 0) is 24.1 Å². The Kier molecular flexibility index (Phi) is 3.07. The van der Waals surface area contributed by atoms with Crippen molar-refractivity contribution in [2.45, 2.75) is 6.92 Å². The van der Waals surface area contributed by atoms with Gasteiger partial charge in [0.15, 0.2) is 5.82 Å². The Labute approximate surface area is 112 Å². The summed E-state index contributed by atoms with van der Waals surface area (Å²) >= 11 is 0. The summed E-state index contributed by atoms with van der Waals surface area (Å²) in [5.74, 6) is 0.763. The first-order valence-corrected chi connectivity index (χ1v) is 6.28. The lowest BCUT2D eigenvalue weighted by atomic mass is 9.98. The summed E-state index contributed by atoms with van der Waals surface area (Å²) in [4.78, 5) is 8.68. The van der Waals surface area contributed by atoms with Crippen molar-refractivity contribution in [1.29, 1.82) is 0 Å². The lowest BCUT2D eigenvalue weighted by Crippen LogP contribution is -1.90. The molecule has 0 N–H and O–H groups in total. The molecule has 19 heavy (non-hydrogen) atoms. The van der Waals surface area contributed by atoms with E-state index < -0.39 is 0 Å². The molecule has 0 unspecified atom stereocenters. The first-order chi connectivity index (χ1) is 9.34. The lowest BCUT2D eigenvalue weighted by Gasteiger charge is -2.08. The van der Waals surface area contributed by atoms with Gasteiger partial charge in [-0.3, -0.25) is 0 Å². The van der Waals surface area contributed by atoms with E-state index in [9.17, 15) is 0 Å². The van der Waals surface area contributed by atoms with Crippen molar-refractivity contribution in [2.24, 2.45) is 0 Å². The number of hydrogen-bond donors (Lipinski definition) is 0. The summed E-state index contributed by atoms with van der Waals surface area (Å²) in [6.07, 6.45) is 3.54. The Morgan fingerprint density at radius 2 is 1.32 bits per heavy atom. The van der Waals surface area contributed by atoms with E-state index in [0.29, 0.717) is 0 Å². The highest BCUT2D eigenvalue weighted by atomic mass is 14.8. The highest BCUT2D eigenvalue weighted by Crippen LogP contribution is 2.29. The van der Waals surface area contributed by atoms with Crippen molar-refractivity contribution in [3.63, 3.8) is 0 Å². The minimum absolute atomic E-state index is 0.763. The summed E-state index contributed by atoms with van der Waals surface area (Å²) in [6.45, 7) is 2.09. The molecule has 3 rings (SSSR count). The summed E-state index contributed by atoms with van der Waals surface area (Å²) in [5.41, 5.74) is 4.67. The second kappa shape index (κ2) is 5.02. The van der Waals surface area contributed by atoms with Crippen LogP contribution in [-0.4, -0.2) is 9.97 Å². The molecule has 0 bridgehead atoms. The van der Waals surface area contributed by atoms with E-state index in [0.717, 1.165) is 17.0 Å². The van der Waals surface area contributed by atoms with Crippen molar-refractivity contribution in [3.05, 3.63) is 72.6 Å². The van der Waals surface area contributed by atoms with Crippen LogP contribution in [0.1, 0.15) is 5.56 Å². The van der Waals surface area contributed by atoms with Crippen LogP contribution in [-0.2, 0) is 0 Å². The average Bonchev–Trinajstić information content (AvgIpc) is 2.49. The van der Waals surface area contributed by atoms with Crippen molar-refractivity contribution >= 4 is 0 Å². The summed E-state index contributed by atoms with van der Waals surface area (Å²) in [5, 5.41) is 0. The van der Waals surface area contributed by atoms with Gasteiger partial charge in [0.1, 0.15) is 0 Å². The van der Waals surface area contributed by atoms with Gasteiger partial charge in [-0.2, -0.15) is 0 Å². The molecule has 2 nitrogen and oxygen atoms in total. The molecule has 0 atom stereocenters. The molecule has 1 heterocycles. The number of benzene rings is 2. The largest absolute Gasteiger partial charge is 0.237 e. The Balaban J connectivity index is 2.15. The van der Waals surface area contributed by atoms with Crippen molar-refractivity contribution in [2.75, 3.05) is 0 Å². The van der Waals surface area contributed by atoms with E-state index >= 15 is 0 Å². The summed E-state index contributed by atoms with van der Waals surface area (Å²) in [6, 6.07) is 18.6.